The average Bonchev–Trinajstić information content (AvgIpc) is 3.11. The van der Waals surface area contributed by atoms with Crippen molar-refractivity contribution in [2.75, 3.05) is 7.11 Å². The largest absolute Gasteiger partial charge is 0.390 e. The summed E-state index contributed by atoms with van der Waals surface area (Å²) in [6.45, 7) is 4.13. The van der Waals surface area contributed by atoms with Crippen LogP contribution in [0, 0.1) is 0 Å². The molecule has 1 aromatic heterocycles. The van der Waals surface area contributed by atoms with E-state index in [1.54, 1.807) is 7.11 Å². The quantitative estimate of drug-likeness (QED) is 0.835. The van der Waals surface area contributed by atoms with Gasteiger partial charge in [-0.1, -0.05) is 26.7 Å². The molecule has 20 heavy (non-hydrogen) atoms. The summed E-state index contributed by atoms with van der Waals surface area (Å²) < 4.78 is 7.68. The molecule has 1 aliphatic carbocycles. The number of methoxy groups -OCH3 is 1. The molecule has 1 unspecified atom stereocenters. The van der Waals surface area contributed by atoms with E-state index >= 15 is 0 Å². The van der Waals surface area contributed by atoms with E-state index in [1.807, 2.05) is 6.07 Å². The zero-order chi connectivity index (χ0) is 14.6. The van der Waals surface area contributed by atoms with Gasteiger partial charge in [0.2, 0.25) is 0 Å². The molecule has 1 saturated carbocycles. The Hall–Kier alpha value is -0.870. The van der Waals surface area contributed by atoms with Crippen LogP contribution in [0.2, 0.25) is 0 Å². The highest BCUT2D eigenvalue weighted by molar-refractivity contribution is 5.04. The van der Waals surface area contributed by atoms with Crippen LogP contribution in [0.3, 0.4) is 0 Å². The van der Waals surface area contributed by atoms with Crippen LogP contribution in [0.5, 0.6) is 0 Å². The smallest absolute Gasteiger partial charge is 0.0935 e. The number of ether oxygens (including phenoxy) is 1. The fourth-order valence-corrected chi connectivity index (χ4v) is 3.39. The van der Waals surface area contributed by atoms with Crippen LogP contribution in [0.4, 0.5) is 0 Å². The number of rotatable bonds is 7. The fourth-order valence-electron chi connectivity index (χ4n) is 3.39. The van der Waals surface area contributed by atoms with Gasteiger partial charge in [0, 0.05) is 19.7 Å². The zero-order valence-corrected chi connectivity index (χ0v) is 13.0. The van der Waals surface area contributed by atoms with Crippen LogP contribution in [-0.2, 0) is 11.2 Å². The second kappa shape index (κ2) is 6.72. The first-order valence-electron chi connectivity index (χ1n) is 7.92. The Labute approximate surface area is 122 Å². The van der Waals surface area contributed by atoms with Crippen LogP contribution in [-0.4, -0.2) is 33.7 Å². The van der Waals surface area contributed by atoms with Crippen molar-refractivity contribution >= 4 is 0 Å². The van der Waals surface area contributed by atoms with Gasteiger partial charge in [0.1, 0.15) is 0 Å². The van der Waals surface area contributed by atoms with E-state index in [4.69, 9.17) is 4.74 Å². The standard InChI is InChI=1S/C16H28N2O2/c1-4-16(5-2,20-3)15(19)12-13-10-11-18(17-13)14-8-6-7-9-14/h10-11,14-15,19H,4-9,12H2,1-3H3. The number of nitrogens with zero attached hydrogens (tertiary/aromatic N) is 2. The van der Waals surface area contributed by atoms with Gasteiger partial charge in [-0.25, -0.2) is 0 Å². The predicted molar refractivity (Wildman–Crippen MR) is 79.8 cm³/mol. The summed E-state index contributed by atoms with van der Waals surface area (Å²) in [6, 6.07) is 2.60. The molecule has 1 aliphatic rings. The lowest BCUT2D eigenvalue weighted by Crippen LogP contribution is -2.44. The van der Waals surface area contributed by atoms with Crippen LogP contribution < -0.4 is 0 Å². The second-order valence-corrected chi connectivity index (χ2v) is 5.92. The number of aliphatic hydroxyl groups is 1. The van der Waals surface area contributed by atoms with E-state index in [1.165, 1.54) is 25.7 Å². The molecule has 0 spiro atoms. The highest BCUT2D eigenvalue weighted by Crippen LogP contribution is 2.30. The molecule has 0 bridgehead atoms. The van der Waals surface area contributed by atoms with Crippen molar-refractivity contribution in [1.29, 1.82) is 0 Å². The van der Waals surface area contributed by atoms with Crippen molar-refractivity contribution in [2.45, 2.75) is 76.5 Å². The normalized spacial score (nSPS) is 18.6. The molecule has 0 aromatic carbocycles. The lowest BCUT2D eigenvalue weighted by molar-refractivity contribution is -0.107. The van der Waals surface area contributed by atoms with Crippen LogP contribution in [0.1, 0.15) is 64.1 Å². The van der Waals surface area contributed by atoms with Gasteiger partial charge >= 0.3 is 0 Å². The summed E-state index contributed by atoms with van der Waals surface area (Å²) >= 11 is 0. The third kappa shape index (κ3) is 3.07. The first-order valence-corrected chi connectivity index (χ1v) is 7.92. The Bertz CT molecular complexity index is 398. The maximum atomic E-state index is 10.5. The summed E-state index contributed by atoms with van der Waals surface area (Å²) in [7, 11) is 1.69. The monoisotopic (exact) mass is 280 g/mol. The van der Waals surface area contributed by atoms with Gasteiger partial charge in [-0.15, -0.1) is 0 Å². The minimum Gasteiger partial charge on any atom is -0.390 e. The zero-order valence-electron chi connectivity index (χ0n) is 13.0. The SMILES string of the molecule is CCC(CC)(OC)C(O)Cc1ccn(C2CCCC2)n1. The molecule has 1 heterocycles. The number of hydrogen-bond acceptors (Lipinski definition) is 3. The third-order valence-corrected chi connectivity index (χ3v) is 4.98. The number of hydrogen-bond donors (Lipinski definition) is 1. The summed E-state index contributed by atoms with van der Waals surface area (Å²) in [4.78, 5) is 0. The van der Waals surface area contributed by atoms with Gasteiger partial charge in [-0.3, -0.25) is 4.68 Å². The molecule has 0 amide bonds. The Kier molecular flexibility index (Phi) is 5.22. The van der Waals surface area contributed by atoms with E-state index < -0.39 is 11.7 Å². The summed E-state index contributed by atoms with van der Waals surface area (Å²) in [5.41, 5.74) is 0.518. The van der Waals surface area contributed by atoms with E-state index in [9.17, 15) is 5.11 Å². The second-order valence-electron chi connectivity index (χ2n) is 5.92. The van der Waals surface area contributed by atoms with Crippen molar-refractivity contribution in [3.05, 3.63) is 18.0 Å². The first-order chi connectivity index (χ1) is 9.65. The van der Waals surface area contributed by atoms with Crippen molar-refractivity contribution in [3.63, 3.8) is 0 Å². The van der Waals surface area contributed by atoms with Crippen molar-refractivity contribution < 1.29 is 9.84 Å². The van der Waals surface area contributed by atoms with Crippen molar-refractivity contribution in [2.24, 2.45) is 0 Å². The molecule has 0 radical (unpaired) electrons. The molecule has 1 N–H and O–H groups in total. The van der Waals surface area contributed by atoms with Gasteiger partial charge < -0.3 is 9.84 Å². The molecular weight excluding hydrogens is 252 g/mol. The number of aliphatic hydroxyl groups excluding tert-OH is 1. The number of aromatic nitrogens is 2. The predicted octanol–water partition coefficient (Wildman–Crippen LogP) is 3.11. The Morgan fingerprint density at radius 3 is 2.60 bits per heavy atom. The molecular formula is C16H28N2O2. The lowest BCUT2D eigenvalue weighted by atomic mass is 9.88. The van der Waals surface area contributed by atoms with Crippen molar-refractivity contribution in [3.8, 4) is 0 Å². The topological polar surface area (TPSA) is 47.3 Å². The fraction of sp³-hybridized carbons (Fsp3) is 0.812. The van der Waals surface area contributed by atoms with Gasteiger partial charge in [0.05, 0.1) is 23.4 Å². The average molecular weight is 280 g/mol. The Balaban J connectivity index is 2.02. The molecule has 0 saturated heterocycles. The lowest BCUT2D eigenvalue weighted by Gasteiger charge is -2.34. The van der Waals surface area contributed by atoms with E-state index in [0.717, 1.165) is 18.5 Å². The van der Waals surface area contributed by atoms with Gasteiger partial charge in [0.15, 0.2) is 0 Å². The van der Waals surface area contributed by atoms with E-state index in [0.29, 0.717) is 12.5 Å². The van der Waals surface area contributed by atoms with Crippen molar-refractivity contribution in [1.82, 2.24) is 9.78 Å². The molecule has 2 rings (SSSR count). The minimum absolute atomic E-state index is 0.447. The molecule has 4 heteroatoms. The summed E-state index contributed by atoms with van der Waals surface area (Å²) in [5.74, 6) is 0. The van der Waals surface area contributed by atoms with Gasteiger partial charge in [0.25, 0.3) is 0 Å². The molecule has 4 nitrogen and oxygen atoms in total. The molecule has 114 valence electrons. The van der Waals surface area contributed by atoms with Gasteiger partial charge in [-0.05, 0) is 31.7 Å². The minimum atomic E-state index is -0.505. The van der Waals surface area contributed by atoms with E-state index in [2.05, 4.69) is 29.8 Å². The van der Waals surface area contributed by atoms with Crippen LogP contribution in [0.25, 0.3) is 0 Å². The Morgan fingerprint density at radius 2 is 2.05 bits per heavy atom. The molecule has 1 aromatic rings. The summed E-state index contributed by atoms with van der Waals surface area (Å²) in [6.07, 6.45) is 8.82. The first kappa shape index (κ1) is 15.5. The third-order valence-electron chi connectivity index (χ3n) is 4.98. The molecule has 0 aliphatic heterocycles. The highest BCUT2D eigenvalue weighted by Gasteiger charge is 2.35. The molecule has 1 fully saturated rings. The Morgan fingerprint density at radius 1 is 1.40 bits per heavy atom. The summed E-state index contributed by atoms with van der Waals surface area (Å²) in [5, 5.41) is 15.2. The maximum Gasteiger partial charge on any atom is 0.0935 e. The van der Waals surface area contributed by atoms with Gasteiger partial charge in [-0.2, -0.15) is 5.10 Å². The highest BCUT2D eigenvalue weighted by atomic mass is 16.5. The van der Waals surface area contributed by atoms with E-state index in [-0.39, 0.29) is 0 Å². The maximum absolute atomic E-state index is 10.5. The van der Waals surface area contributed by atoms with Crippen LogP contribution >= 0.6 is 0 Å². The van der Waals surface area contributed by atoms with Crippen LogP contribution in [0.15, 0.2) is 12.3 Å². The molecule has 1 atom stereocenters.